The third-order valence-corrected chi connectivity index (χ3v) is 2.71. The van der Waals surface area contributed by atoms with E-state index in [1.807, 2.05) is 29.9 Å². The zero-order valence-electron chi connectivity index (χ0n) is 10.9. The summed E-state index contributed by atoms with van der Waals surface area (Å²) in [5, 5.41) is 3.88. The second-order valence-electron chi connectivity index (χ2n) is 4.23. The number of aromatic nitrogens is 4. The van der Waals surface area contributed by atoms with E-state index in [1.165, 1.54) is 0 Å². The summed E-state index contributed by atoms with van der Waals surface area (Å²) in [6, 6.07) is 7.15. The maximum absolute atomic E-state index is 5.67. The molecule has 0 saturated heterocycles. The molecule has 20 heavy (non-hydrogen) atoms. The number of hydrogen-bond acceptors (Lipinski definition) is 6. The summed E-state index contributed by atoms with van der Waals surface area (Å²) in [5.74, 6) is 2.11. The van der Waals surface area contributed by atoms with Gasteiger partial charge in [0.1, 0.15) is 5.75 Å². The first-order chi connectivity index (χ1) is 9.72. The number of aryl methyl sites for hydroxylation is 1. The fraction of sp³-hybridized carbons (Fsp3) is 0.154. The average molecular weight is 271 g/mol. The molecule has 0 unspecified atom stereocenters. The van der Waals surface area contributed by atoms with Gasteiger partial charge in [0.05, 0.1) is 0 Å². The van der Waals surface area contributed by atoms with Crippen molar-refractivity contribution in [3.8, 4) is 17.4 Å². The Hall–Kier alpha value is -2.83. The molecule has 3 rings (SSSR count). The van der Waals surface area contributed by atoms with Crippen molar-refractivity contribution in [1.29, 1.82) is 0 Å². The van der Waals surface area contributed by atoms with Crippen molar-refractivity contribution in [2.45, 2.75) is 6.61 Å². The summed E-state index contributed by atoms with van der Waals surface area (Å²) in [6.07, 6.45) is 3.49. The molecule has 0 atom stereocenters. The van der Waals surface area contributed by atoms with E-state index in [2.05, 4.69) is 15.1 Å². The molecular weight excluding hydrogens is 258 g/mol. The quantitative estimate of drug-likeness (QED) is 0.725. The van der Waals surface area contributed by atoms with Gasteiger partial charge in [-0.25, -0.2) is 4.98 Å². The van der Waals surface area contributed by atoms with Gasteiger partial charge in [0.2, 0.25) is 5.82 Å². The molecule has 0 fully saturated rings. The maximum atomic E-state index is 5.67. The molecule has 2 N–H and O–H groups in total. The number of nitrogens with zero attached hydrogens (tertiary/aromatic N) is 4. The SMILES string of the molecule is Cn1ccnc1-c1noc(COc2cccc(N)c2)n1. The molecule has 0 aliphatic rings. The van der Waals surface area contributed by atoms with Crippen LogP contribution in [0.2, 0.25) is 0 Å². The van der Waals surface area contributed by atoms with Crippen LogP contribution in [0.25, 0.3) is 11.6 Å². The van der Waals surface area contributed by atoms with Crippen molar-refractivity contribution in [2.24, 2.45) is 7.05 Å². The topological polar surface area (TPSA) is 92.0 Å². The number of nitrogen functional groups attached to an aromatic ring is 1. The second-order valence-corrected chi connectivity index (χ2v) is 4.23. The average Bonchev–Trinajstić information content (AvgIpc) is 3.05. The van der Waals surface area contributed by atoms with E-state index in [9.17, 15) is 0 Å². The summed E-state index contributed by atoms with van der Waals surface area (Å²) < 4.78 is 12.5. The number of ether oxygens (including phenoxy) is 1. The molecule has 7 nitrogen and oxygen atoms in total. The molecule has 0 radical (unpaired) electrons. The van der Waals surface area contributed by atoms with E-state index in [0.29, 0.717) is 29.0 Å². The number of benzene rings is 1. The maximum Gasteiger partial charge on any atom is 0.264 e. The smallest absolute Gasteiger partial charge is 0.264 e. The minimum atomic E-state index is 0.181. The Labute approximate surface area is 115 Å². The first-order valence-electron chi connectivity index (χ1n) is 6.01. The molecule has 7 heteroatoms. The summed E-state index contributed by atoms with van der Waals surface area (Å²) in [4.78, 5) is 8.38. The molecule has 0 amide bonds. The van der Waals surface area contributed by atoms with Crippen LogP contribution in [0.1, 0.15) is 5.89 Å². The molecular formula is C13H13N5O2. The molecule has 1 aromatic carbocycles. The largest absolute Gasteiger partial charge is 0.484 e. The van der Waals surface area contributed by atoms with Gasteiger partial charge >= 0.3 is 0 Å². The monoisotopic (exact) mass is 271 g/mol. The third kappa shape index (κ3) is 2.46. The number of nitrogens with two attached hydrogens (primary N) is 1. The molecule has 0 bridgehead atoms. The minimum Gasteiger partial charge on any atom is -0.484 e. The predicted molar refractivity (Wildman–Crippen MR) is 71.7 cm³/mol. The van der Waals surface area contributed by atoms with Gasteiger partial charge in [0, 0.05) is 31.2 Å². The van der Waals surface area contributed by atoms with Crippen LogP contribution in [0.3, 0.4) is 0 Å². The van der Waals surface area contributed by atoms with Crippen molar-refractivity contribution >= 4 is 5.69 Å². The van der Waals surface area contributed by atoms with Crippen molar-refractivity contribution < 1.29 is 9.26 Å². The van der Waals surface area contributed by atoms with Crippen LogP contribution in [0, 0.1) is 0 Å². The Morgan fingerprint density at radius 2 is 2.30 bits per heavy atom. The lowest BCUT2D eigenvalue weighted by atomic mass is 10.3. The highest BCUT2D eigenvalue weighted by Gasteiger charge is 2.12. The Bertz CT molecular complexity index is 719. The zero-order valence-corrected chi connectivity index (χ0v) is 10.9. The normalized spacial score (nSPS) is 10.7. The highest BCUT2D eigenvalue weighted by molar-refractivity contribution is 5.44. The molecule has 0 aliphatic carbocycles. The lowest BCUT2D eigenvalue weighted by molar-refractivity contribution is 0.243. The summed E-state index contributed by atoms with van der Waals surface area (Å²) in [7, 11) is 1.86. The van der Waals surface area contributed by atoms with Gasteiger partial charge in [-0.1, -0.05) is 11.2 Å². The van der Waals surface area contributed by atoms with E-state index in [1.54, 1.807) is 18.3 Å². The van der Waals surface area contributed by atoms with Gasteiger partial charge in [-0.3, -0.25) is 0 Å². The van der Waals surface area contributed by atoms with Crippen molar-refractivity contribution in [3.05, 3.63) is 42.5 Å². The lowest BCUT2D eigenvalue weighted by Gasteiger charge is -2.03. The summed E-state index contributed by atoms with van der Waals surface area (Å²) >= 11 is 0. The number of anilines is 1. The second kappa shape index (κ2) is 5.04. The fourth-order valence-corrected chi connectivity index (χ4v) is 1.73. The first-order valence-corrected chi connectivity index (χ1v) is 6.01. The molecule has 0 saturated carbocycles. The van der Waals surface area contributed by atoms with Crippen LogP contribution >= 0.6 is 0 Å². The Morgan fingerprint density at radius 1 is 1.40 bits per heavy atom. The van der Waals surface area contributed by atoms with Crippen LogP contribution in [-0.4, -0.2) is 19.7 Å². The van der Waals surface area contributed by atoms with Crippen LogP contribution in [0.15, 0.2) is 41.2 Å². The highest BCUT2D eigenvalue weighted by Crippen LogP contribution is 2.17. The Balaban J connectivity index is 1.70. The third-order valence-electron chi connectivity index (χ3n) is 2.71. The number of rotatable bonds is 4. The molecule has 0 spiro atoms. The molecule has 0 aliphatic heterocycles. The molecule has 2 aromatic heterocycles. The van der Waals surface area contributed by atoms with Crippen molar-refractivity contribution in [3.63, 3.8) is 0 Å². The van der Waals surface area contributed by atoms with Gasteiger partial charge in [-0.15, -0.1) is 0 Å². The van der Waals surface area contributed by atoms with E-state index in [0.717, 1.165) is 0 Å². The fourth-order valence-electron chi connectivity index (χ4n) is 1.73. The van der Waals surface area contributed by atoms with Gasteiger partial charge < -0.3 is 19.6 Å². The molecule has 2 heterocycles. The lowest BCUT2D eigenvalue weighted by Crippen LogP contribution is -1.97. The standard InChI is InChI=1S/C13H13N5O2/c1-18-6-5-15-13(18)12-16-11(20-17-12)8-19-10-4-2-3-9(14)7-10/h2-7H,8,14H2,1H3. The summed E-state index contributed by atoms with van der Waals surface area (Å²) in [5.41, 5.74) is 6.31. The van der Waals surface area contributed by atoms with Crippen molar-refractivity contribution in [2.75, 3.05) is 5.73 Å². The van der Waals surface area contributed by atoms with Crippen LogP contribution in [0.5, 0.6) is 5.75 Å². The first kappa shape index (κ1) is 12.2. The van der Waals surface area contributed by atoms with Gasteiger partial charge in [-0.2, -0.15) is 4.98 Å². The van der Waals surface area contributed by atoms with Crippen LogP contribution in [0.4, 0.5) is 5.69 Å². The summed E-state index contributed by atoms with van der Waals surface area (Å²) in [6.45, 7) is 0.181. The van der Waals surface area contributed by atoms with Gasteiger partial charge in [0.15, 0.2) is 12.4 Å². The van der Waals surface area contributed by atoms with E-state index >= 15 is 0 Å². The van der Waals surface area contributed by atoms with E-state index in [4.69, 9.17) is 15.0 Å². The van der Waals surface area contributed by atoms with E-state index < -0.39 is 0 Å². The molecule has 3 aromatic rings. The number of hydrogen-bond donors (Lipinski definition) is 1. The van der Waals surface area contributed by atoms with Crippen molar-refractivity contribution in [1.82, 2.24) is 19.7 Å². The van der Waals surface area contributed by atoms with Gasteiger partial charge in [-0.05, 0) is 12.1 Å². The number of imidazole rings is 1. The predicted octanol–water partition coefficient (Wildman–Crippen LogP) is 1.63. The minimum absolute atomic E-state index is 0.181. The zero-order chi connectivity index (χ0) is 13.9. The molecule has 102 valence electrons. The Kier molecular flexibility index (Phi) is 3.08. The highest BCUT2D eigenvalue weighted by atomic mass is 16.5. The van der Waals surface area contributed by atoms with E-state index in [-0.39, 0.29) is 6.61 Å². The van der Waals surface area contributed by atoms with Crippen LogP contribution in [-0.2, 0) is 13.7 Å². The Morgan fingerprint density at radius 3 is 3.05 bits per heavy atom. The van der Waals surface area contributed by atoms with Gasteiger partial charge in [0.25, 0.3) is 5.89 Å². The van der Waals surface area contributed by atoms with Crippen LogP contribution < -0.4 is 10.5 Å².